The second kappa shape index (κ2) is 8.77. The molecule has 0 spiro atoms. The highest BCUT2D eigenvalue weighted by Gasteiger charge is 2.33. The lowest BCUT2D eigenvalue weighted by molar-refractivity contribution is -0.145. The van der Waals surface area contributed by atoms with Crippen LogP contribution >= 0.6 is 0 Å². The van der Waals surface area contributed by atoms with E-state index in [4.69, 9.17) is 15.8 Å². The van der Waals surface area contributed by atoms with Gasteiger partial charge in [0, 0.05) is 40.3 Å². The summed E-state index contributed by atoms with van der Waals surface area (Å²) in [6, 6.07) is 5.71. The topological polar surface area (TPSA) is 132 Å². The fourth-order valence-electron chi connectivity index (χ4n) is 4.77. The average Bonchev–Trinajstić information content (AvgIpc) is 3.30. The molecule has 1 fully saturated rings. The molecule has 1 atom stereocenters. The molecular formula is C24H24FN7O2. The van der Waals surface area contributed by atoms with Crippen molar-refractivity contribution in [1.29, 1.82) is 0 Å². The molecule has 1 unspecified atom stereocenters. The number of hydrogen-bond acceptors (Lipinski definition) is 7. The van der Waals surface area contributed by atoms with Crippen LogP contribution in [-0.4, -0.2) is 47.0 Å². The molecule has 0 aromatic carbocycles. The lowest BCUT2D eigenvalue weighted by Crippen LogP contribution is -2.29. The van der Waals surface area contributed by atoms with Crippen LogP contribution in [0.2, 0.25) is 0 Å². The van der Waals surface area contributed by atoms with Crippen LogP contribution in [0, 0.1) is 12.8 Å². The number of nitrogen functional groups attached to an aromatic ring is 1. The smallest absolute Gasteiger partial charge is 0.338 e. The van der Waals surface area contributed by atoms with Crippen LogP contribution in [0.1, 0.15) is 42.9 Å². The molecule has 0 radical (unpaired) electrons. The summed E-state index contributed by atoms with van der Waals surface area (Å²) in [7, 11) is 0. The first-order valence-electron chi connectivity index (χ1n) is 11.2. The van der Waals surface area contributed by atoms with Crippen molar-refractivity contribution in [3.05, 3.63) is 54.2 Å². The van der Waals surface area contributed by atoms with Gasteiger partial charge in [0.2, 0.25) is 0 Å². The molecule has 1 aliphatic rings. The zero-order valence-electron chi connectivity index (χ0n) is 18.6. The van der Waals surface area contributed by atoms with Crippen molar-refractivity contribution >= 4 is 17.4 Å². The predicted molar refractivity (Wildman–Crippen MR) is 124 cm³/mol. The number of carbonyl (C=O) groups is 1. The highest BCUT2D eigenvalue weighted by Crippen LogP contribution is 2.40. The summed E-state index contributed by atoms with van der Waals surface area (Å²) in [4.78, 5) is 20.5. The minimum Gasteiger partial charge on any atom is -0.479 e. The number of rotatable bonds is 5. The van der Waals surface area contributed by atoms with Crippen LogP contribution in [0.15, 0.2) is 43.0 Å². The lowest BCUT2D eigenvalue weighted by atomic mass is 9.77. The fourth-order valence-corrected chi connectivity index (χ4v) is 4.77. The molecule has 0 amide bonds. The van der Waals surface area contributed by atoms with Gasteiger partial charge in [-0.2, -0.15) is 19.8 Å². The Morgan fingerprint density at radius 1 is 1.12 bits per heavy atom. The Labute approximate surface area is 194 Å². The second-order valence-corrected chi connectivity index (χ2v) is 8.72. The van der Waals surface area contributed by atoms with E-state index in [1.54, 1.807) is 29.3 Å². The van der Waals surface area contributed by atoms with Crippen LogP contribution < -0.4 is 5.73 Å². The first-order valence-corrected chi connectivity index (χ1v) is 11.2. The summed E-state index contributed by atoms with van der Waals surface area (Å²) in [5, 5.41) is 21.1. The van der Waals surface area contributed by atoms with Gasteiger partial charge in [0.05, 0.1) is 30.0 Å². The molecule has 4 aromatic heterocycles. The molecular weight excluding hydrogens is 437 g/mol. The zero-order chi connectivity index (χ0) is 23.8. The minimum atomic E-state index is -1.82. The van der Waals surface area contributed by atoms with Gasteiger partial charge in [0.25, 0.3) is 0 Å². The number of aliphatic carboxylic acids is 1. The van der Waals surface area contributed by atoms with Gasteiger partial charge in [-0.1, -0.05) is 6.07 Å². The van der Waals surface area contributed by atoms with Gasteiger partial charge in [-0.05, 0) is 44.7 Å². The van der Waals surface area contributed by atoms with E-state index < -0.39 is 18.1 Å². The molecule has 34 heavy (non-hydrogen) atoms. The van der Waals surface area contributed by atoms with E-state index in [9.17, 15) is 9.18 Å². The van der Waals surface area contributed by atoms with Crippen LogP contribution in [-0.2, 0) is 4.79 Å². The zero-order valence-corrected chi connectivity index (χ0v) is 18.6. The van der Waals surface area contributed by atoms with Crippen molar-refractivity contribution in [2.75, 3.05) is 5.73 Å². The van der Waals surface area contributed by atoms with E-state index >= 15 is 0 Å². The average molecular weight is 462 g/mol. The van der Waals surface area contributed by atoms with Gasteiger partial charge in [0.15, 0.2) is 11.8 Å². The van der Waals surface area contributed by atoms with Crippen molar-refractivity contribution in [2.24, 2.45) is 5.92 Å². The lowest BCUT2D eigenvalue weighted by Gasteiger charge is -2.29. The first kappa shape index (κ1) is 21.9. The molecule has 0 aliphatic heterocycles. The molecule has 174 valence electrons. The number of nitrogens with zero attached hydrogens (tertiary/aromatic N) is 6. The van der Waals surface area contributed by atoms with Gasteiger partial charge < -0.3 is 10.8 Å². The summed E-state index contributed by atoms with van der Waals surface area (Å²) < 4.78 is 15.6. The number of nitrogens with two attached hydrogens (primary N) is 1. The Hall–Kier alpha value is -3.95. The summed E-state index contributed by atoms with van der Waals surface area (Å²) in [5.74, 6) is -1.24. The molecule has 10 heteroatoms. The van der Waals surface area contributed by atoms with Crippen molar-refractivity contribution in [3.8, 4) is 22.4 Å². The monoisotopic (exact) mass is 461 g/mol. The number of carboxylic acids is 1. The minimum absolute atomic E-state index is 0.0898. The summed E-state index contributed by atoms with van der Waals surface area (Å²) in [6.45, 7) is 1.92. The summed E-state index contributed by atoms with van der Waals surface area (Å²) >= 11 is 0. The Morgan fingerprint density at radius 2 is 1.91 bits per heavy atom. The quantitative estimate of drug-likeness (QED) is 0.458. The Balaban J connectivity index is 1.46. The first-order chi connectivity index (χ1) is 16.4. The van der Waals surface area contributed by atoms with Crippen molar-refractivity contribution in [3.63, 3.8) is 0 Å². The molecule has 0 bridgehead atoms. The molecule has 3 N–H and O–H groups in total. The van der Waals surface area contributed by atoms with Gasteiger partial charge >= 0.3 is 5.97 Å². The number of alkyl halides is 1. The van der Waals surface area contributed by atoms with Crippen molar-refractivity contribution in [1.82, 2.24) is 29.8 Å². The molecule has 1 aliphatic carbocycles. The molecule has 4 heterocycles. The van der Waals surface area contributed by atoms with Gasteiger partial charge in [-0.25, -0.2) is 14.2 Å². The maximum absolute atomic E-state index is 14.0. The number of anilines is 1. The van der Waals surface area contributed by atoms with E-state index in [1.807, 2.05) is 25.1 Å². The maximum Gasteiger partial charge on any atom is 0.338 e. The Morgan fingerprint density at radius 3 is 2.56 bits per heavy atom. The van der Waals surface area contributed by atoms with E-state index in [0.29, 0.717) is 37.1 Å². The number of halogens is 1. The molecule has 4 aromatic rings. The third-order valence-electron chi connectivity index (χ3n) is 6.73. The van der Waals surface area contributed by atoms with E-state index in [-0.39, 0.29) is 5.92 Å². The van der Waals surface area contributed by atoms with E-state index in [2.05, 4.69) is 20.3 Å². The van der Waals surface area contributed by atoms with Crippen LogP contribution in [0.5, 0.6) is 0 Å². The van der Waals surface area contributed by atoms with Crippen molar-refractivity contribution < 1.29 is 14.3 Å². The highest BCUT2D eigenvalue weighted by molar-refractivity contribution is 5.79. The van der Waals surface area contributed by atoms with Crippen molar-refractivity contribution in [2.45, 2.75) is 44.7 Å². The molecule has 0 saturated heterocycles. The third-order valence-corrected chi connectivity index (χ3v) is 6.73. The number of hydrogen-bond donors (Lipinski definition) is 2. The Kier molecular flexibility index (Phi) is 5.64. The SMILES string of the molecule is Cc1c(C2CCC(C(F)C(=O)O)CC2)nc2c(-c3ccc(-c4ccnnc4)nc3)cnn2c1N. The second-order valence-electron chi connectivity index (χ2n) is 8.72. The van der Waals surface area contributed by atoms with Gasteiger partial charge in [-0.15, -0.1) is 0 Å². The molecule has 5 rings (SSSR count). The van der Waals surface area contributed by atoms with Crippen LogP contribution in [0.25, 0.3) is 28.0 Å². The number of aromatic nitrogens is 6. The normalized spacial score (nSPS) is 19.2. The largest absolute Gasteiger partial charge is 0.479 e. The van der Waals surface area contributed by atoms with Gasteiger partial charge in [0.1, 0.15) is 5.82 Å². The number of pyridine rings is 1. The fraction of sp³-hybridized carbons (Fsp3) is 0.333. The molecule has 9 nitrogen and oxygen atoms in total. The summed E-state index contributed by atoms with van der Waals surface area (Å²) in [5.41, 5.74) is 12.1. The van der Waals surface area contributed by atoms with E-state index in [1.165, 1.54) is 0 Å². The highest BCUT2D eigenvalue weighted by atomic mass is 19.1. The van der Waals surface area contributed by atoms with E-state index in [0.717, 1.165) is 33.6 Å². The number of fused-ring (bicyclic) bond motifs is 1. The molecule has 1 saturated carbocycles. The number of carboxylic acid groups (broad SMARTS) is 1. The predicted octanol–water partition coefficient (Wildman–Crippen LogP) is 3.84. The van der Waals surface area contributed by atoms with Crippen LogP contribution in [0.4, 0.5) is 10.2 Å². The maximum atomic E-state index is 14.0. The summed E-state index contributed by atoms with van der Waals surface area (Å²) in [6.07, 6.45) is 7.30. The van der Waals surface area contributed by atoms with Gasteiger partial charge in [-0.3, -0.25) is 4.98 Å². The Bertz CT molecular complexity index is 1330. The third kappa shape index (κ3) is 3.85. The standard InChI is InChI=1S/C24H24FN7O2/c1-13-21(15-4-2-14(3-5-15)20(25)24(33)34)31-23-18(12-30-32(23)22(13)26)16-6-7-19(27-10-16)17-8-9-28-29-11-17/h6-12,14-15,20H,2-5,26H2,1H3,(H,33,34). The van der Waals surface area contributed by atoms with Crippen LogP contribution in [0.3, 0.4) is 0 Å².